The van der Waals surface area contributed by atoms with Gasteiger partial charge in [-0.3, -0.25) is 9.59 Å². The summed E-state index contributed by atoms with van der Waals surface area (Å²) in [5.41, 5.74) is -0.304. The van der Waals surface area contributed by atoms with Crippen molar-refractivity contribution in [2.45, 2.75) is 44.6 Å². The van der Waals surface area contributed by atoms with Crippen LogP contribution < -0.4 is 10.9 Å². The molecule has 0 radical (unpaired) electrons. The molecule has 2 aromatic rings. The van der Waals surface area contributed by atoms with Crippen LogP contribution in [0.25, 0.3) is 0 Å². The number of furan rings is 1. The highest BCUT2D eigenvalue weighted by Crippen LogP contribution is 2.37. The molecule has 6 nitrogen and oxygen atoms in total. The van der Waals surface area contributed by atoms with Crippen LogP contribution in [0.15, 0.2) is 33.8 Å². The lowest BCUT2D eigenvalue weighted by atomic mass is 10.1. The van der Waals surface area contributed by atoms with E-state index in [9.17, 15) is 9.59 Å². The SMILES string of the molecule is C[C@H](CCc1ccco1)NC(=O)c1cnc(C2CC2)[nH]c1=O. The Bertz CT molecular complexity index is 702. The van der Waals surface area contributed by atoms with Crippen LogP contribution >= 0.6 is 0 Å². The number of rotatable bonds is 6. The summed E-state index contributed by atoms with van der Waals surface area (Å²) in [5, 5.41) is 2.82. The molecule has 0 aliphatic heterocycles. The smallest absolute Gasteiger partial charge is 0.263 e. The molecule has 2 heterocycles. The Morgan fingerprint density at radius 2 is 2.36 bits per heavy atom. The van der Waals surface area contributed by atoms with E-state index in [4.69, 9.17) is 4.42 Å². The molecule has 0 spiro atoms. The molecule has 1 saturated carbocycles. The maximum absolute atomic E-state index is 12.1. The van der Waals surface area contributed by atoms with E-state index in [0.29, 0.717) is 11.7 Å². The average Bonchev–Trinajstić information content (AvgIpc) is 3.21. The van der Waals surface area contributed by atoms with Gasteiger partial charge in [-0.2, -0.15) is 0 Å². The van der Waals surface area contributed by atoms with Crippen molar-refractivity contribution < 1.29 is 9.21 Å². The van der Waals surface area contributed by atoms with Crippen LogP contribution in [0.2, 0.25) is 0 Å². The van der Waals surface area contributed by atoms with Gasteiger partial charge in [0, 0.05) is 24.6 Å². The lowest BCUT2D eigenvalue weighted by Crippen LogP contribution is -2.36. The summed E-state index contributed by atoms with van der Waals surface area (Å²) >= 11 is 0. The van der Waals surface area contributed by atoms with Gasteiger partial charge in [-0.15, -0.1) is 0 Å². The quantitative estimate of drug-likeness (QED) is 0.854. The zero-order valence-electron chi connectivity index (χ0n) is 12.5. The lowest BCUT2D eigenvalue weighted by Gasteiger charge is -2.12. The third-order valence-electron chi connectivity index (χ3n) is 3.81. The van der Waals surface area contributed by atoms with Crippen molar-refractivity contribution in [2.24, 2.45) is 0 Å². The topological polar surface area (TPSA) is 88.0 Å². The minimum atomic E-state index is -0.386. The molecule has 3 rings (SSSR count). The highest BCUT2D eigenvalue weighted by molar-refractivity contribution is 5.93. The summed E-state index contributed by atoms with van der Waals surface area (Å²) in [6, 6.07) is 3.69. The third kappa shape index (κ3) is 3.44. The molecule has 1 aliphatic carbocycles. The van der Waals surface area contributed by atoms with Gasteiger partial charge >= 0.3 is 0 Å². The maximum atomic E-state index is 12.1. The van der Waals surface area contributed by atoms with Crippen molar-refractivity contribution in [3.8, 4) is 0 Å². The van der Waals surface area contributed by atoms with Gasteiger partial charge in [0.05, 0.1) is 6.26 Å². The zero-order chi connectivity index (χ0) is 15.5. The predicted octanol–water partition coefficient (Wildman–Crippen LogP) is 1.99. The standard InChI is InChI=1S/C16H19N3O3/c1-10(4-7-12-3-2-8-22-12)18-15(20)13-9-17-14(11-5-6-11)19-16(13)21/h2-3,8-11H,4-7H2,1H3,(H,18,20)(H,17,19,21)/t10-/m1/s1. The first-order valence-corrected chi connectivity index (χ1v) is 7.56. The number of aromatic nitrogens is 2. The molecule has 22 heavy (non-hydrogen) atoms. The molecule has 1 aliphatic rings. The second-order valence-electron chi connectivity index (χ2n) is 5.78. The highest BCUT2D eigenvalue weighted by Gasteiger charge is 2.26. The molecule has 0 bridgehead atoms. The van der Waals surface area contributed by atoms with E-state index in [-0.39, 0.29) is 23.1 Å². The molecule has 1 amide bonds. The highest BCUT2D eigenvalue weighted by atomic mass is 16.3. The Hall–Kier alpha value is -2.37. The van der Waals surface area contributed by atoms with Gasteiger partial charge in [0.15, 0.2) is 0 Å². The van der Waals surface area contributed by atoms with Crippen LogP contribution in [0, 0.1) is 0 Å². The summed E-state index contributed by atoms with van der Waals surface area (Å²) in [6.45, 7) is 1.90. The minimum absolute atomic E-state index is 0.0555. The maximum Gasteiger partial charge on any atom is 0.263 e. The summed E-state index contributed by atoms with van der Waals surface area (Å²) in [5.74, 6) is 1.54. The molecule has 0 unspecified atom stereocenters. The molecule has 2 N–H and O–H groups in total. The number of carbonyl (C=O) groups excluding carboxylic acids is 1. The van der Waals surface area contributed by atoms with E-state index in [1.807, 2.05) is 19.1 Å². The number of nitrogens with zero attached hydrogens (tertiary/aromatic N) is 1. The fraction of sp³-hybridized carbons (Fsp3) is 0.438. The van der Waals surface area contributed by atoms with Gasteiger partial charge in [-0.05, 0) is 38.3 Å². The molecular weight excluding hydrogens is 282 g/mol. The average molecular weight is 301 g/mol. The Morgan fingerprint density at radius 3 is 3.00 bits per heavy atom. The number of hydrogen-bond acceptors (Lipinski definition) is 4. The molecule has 1 atom stereocenters. The van der Waals surface area contributed by atoms with E-state index in [1.54, 1.807) is 6.26 Å². The molecule has 116 valence electrons. The van der Waals surface area contributed by atoms with Crippen LogP contribution in [0.5, 0.6) is 0 Å². The third-order valence-corrected chi connectivity index (χ3v) is 3.81. The Labute approximate surface area is 128 Å². The fourth-order valence-electron chi connectivity index (χ4n) is 2.32. The second kappa shape index (κ2) is 6.17. The Morgan fingerprint density at radius 1 is 1.55 bits per heavy atom. The summed E-state index contributed by atoms with van der Waals surface area (Å²) in [6.07, 6.45) is 6.59. The number of hydrogen-bond donors (Lipinski definition) is 2. The van der Waals surface area contributed by atoms with Gasteiger partial charge in [0.1, 0.15) is 17.1 Å². The zero-order valence-corrected chi connectivity index (χ0v) is 12.5. The van der Waals surface area contributed by atoms with Crippen molar-refractivity contribution in [1.82, 2.24) is 15.3 Å². The summed E-state index contributed by atoms with van der Waals surface area (Å²) in [7, 11) is 0. The largest absolute Gasteiger partial charge is 0.469 e. The first-order valence-electron chi connectivity index (χ1n) is 7.56. The van der Waals surface area contributed by atoms with Crippen LogP contribution in [-0.2, 0) is 6.42 Å². The Balaban J connectivity index is 1.57. The molecule has 1 fully saturated rings. The number of amides is 1. The summed E-state index contributed by atoms with van der Waals surface area (Å²) in [4.78, 5) is 31.0. The normalized spacial score (nSPS) is 15.5. The predicted molar refractivity (Wildman–Crippen MR) is 80.8 cm³/mol. The van der Waals surface area contributed by atoms with Crippen LogP contribution in [0.3, 0.4) is 0 Å². The van der Waals surface area contributed by atoms with E-state index in [1.165, 1.54) is 6.20 Å². The molecule has 0 aromatic carbocycles. The van der Waals surface area contributed by atoms with Crippen molar-refractivity contribution >= 4 is 5.91 Å². The number of aromatic amines is 1. The lowest BCUT2D eigenvalue weighted by molar-refractivity contribution is 0.0936. The summed E-state index contributed by atoms with van der Waals surface area (Å²) < 4.78 is 5.26. The first kappa shape index (κ1) is 14.6. The molecule has 0 saturated heterocycles. The number of carbonyl (C=O) groups is 1. The van der Waals surface area contributed by atoms with E-state index in [2.05, 4.69) is 15.3 Å². The van der Waals surface area contributed by atoms with Crippen molar-refractivity contribution in [1.29, 1.82) is 0 Å². The van der Waals surface area contributed by atoms with Gasteiger partial charge in [-0.25, -0.2) is 4.98 Å². The van der Waals surface area contributed by atoms with Gasteiger partial charge in [0.2, 0.25) is 0 Å². The second-order valence-corrected chi connectivity index (χ2v) is 5.78. The fourth-order valence-corrected chi connectivity index (χ4v) is 2.32. The molecule has 6 heteroatoms. The van der Waals surface area contributed by atoms with Crippen molar-refractivity contribution in [3.63, 3.8) is 0 Å². The number of H-pyrrole nitrogens is 1. The molecule has 2 aromatic heterocycles. The number of nitrogens with one attached hydrogen (secondary N) is 2. The minimum Gasteiger partial charge on any atom is -0.469 e. The van der Waals surface area contributed by atoms with Crippen LogP contribution in [0.4, 0.5) is 0 Å². The van der Waals surface area contributed by atoms with E-state index in [0.717, 1.165) is 31.4 Å². The van der Waals surface area contributed by atoms with Gasteiger partial charge in [-0.1, -0.05) is 0 Å². The van der Waals surface area contributed by atoms with Crippen LogP contribution in [0.1, 0.15) is 54.0 Å². The van der Waals surface area contributed by atoms with Crippen LogP contribution in [-0.4, -0.2) is 21.9 Å². The number of aryl methyl sites for hydroxylation is 1. The van der Waals surface area contributed by atoms with E-state index >= 15 is 0 Å². The van der Waals surface area contributed by atoms with Gasteiger partial charge in [0.25, 0.3) is 11.5 Å². The first-order chi connectivity index (χ1) is 10.6. The molecular formula is C16H19N3O3. The van der Waals surface area contributed by atoms with Gasteiger partial charge < -0.3 is 14.7 Å². The van der Waals surface area contributed by atoms with Crippen molar-refractivity contribution in [2.75, 3.05) is 0 Å². The monoisotopic (exact) mass is 301 g/mol. The van der Waals surface area contributed by atoms with Crippen molar-refractivity contribution in [3.05, 3.63) is 52.1 Å². The van der Waals surface area contributed by atoms with E-state index < -0.39 is 0 Å². The Kier molecular flexibility index (Phi) is 4.09.